The zero-order chi connectivity index (χ0) is 27.2. The van der Waals surface area contributed by atoms with E-state index in [1.54, 1.807) is 4.57 Å². The first-order valence-electron chi connectivity index (χ1n) is 14.3. The lowest BCUT2D eigenvalue weighted by atomic mass is 9.96. The predicted molar refractivity (Wildman–Crippen MR) is 157 cm³/mol. The number of amides is 2. The number of carbonyl (C=O) groups excluding carboxylic acids is 1. The normalized spacial score (nSPS) is 14.7. The molecule has 6 heteroatoms. The number of rotatable bonds is 8. The van der Waals surface area contributed by atoms with Crippen molar-refractivity contribution in [1.29, 1.82) is 0 Å². The molecule has 1 aromatic heterocycles. The van der Waals surface area contributed by atoms with E-state index in [1.165, 1.54) is 17.5 Å². The summed E-state index contributed by atoms with van der Waals surface area (Å²) < 4.78 is 1.69. The molecule has 3 aromatic carbocycles. The lowest BCUT2D eigenvalue weighted by Crippen LogP contribution is -2.48. The van der Waals surface area contributed by atoms with Gasteiger partial charge in [0.05, 0.1) is 22.6 Å². The third-order valence-corrected chi connectivity index (χ3v) is 7.92. The Bertz CT molecular complexity index is 1460. The van der Waals surface area contributed by atoms with Crippen LogP contribution in [-0.4, -0.2) is 33.1 Å². The molecule has 0 bridgehead atoms. The van der Waals surface area contributed by atoms with Gasteiger partial charge in [0.2, 0.25) is 0 Å². The molecule has 1 unspecified atom stereocenters. The molecule has 0 spiro atoms. The van der Waals surface area contributed by atoms with Gasteiger partial charge in [0.15, 0.2) is 0 Å². The number of nitrogens with zero attached hydrogens (tertiary/aromatic N) is 3. The fraction of sp³-hybridized carbons (Fsp3) is 0.364. The van der Waals surface area contributed by atoms with E-state index < -0.39 is 6.04 Å². The maximum atomic E-state index is 13.9. The van der Waals surface area contributed by atoms with E-state index in [0.717, 1.165) is 37.8 Å². The second-order valence-electron chi connectivity index (χ2n) is 10.5. The average molecular weight is 523 g/mol. The van der Waals surface area contributed by atoms with Gasteiger partial charge in [0.25, 0.3) is 5.56 Å². The molecule has 1 fully saturated rings. The van der Waals surface area contributed by atoms with Crippen LogP contribution in [0.1, 0.15) is 68.9 Å². The Morgan fingerprint density at radius 3 is 2.36 bits per heavy atom. The zero-order valence-electron chi connectivity index (χ0n) is 23.0. The molecule has 4 aromatic rings. The molecule has 1 heterocycles. The molecule has 0 radical (unpaired) electrons. The third-order valence-electron chi connectivity index (χ3n) is 7.92. The van der Waals surface area contributed by atoms with Gasteiger partial charge < -0.3 is 10.2 Å². The quantitative estimate of drug-likeness (QED) is 0.284. The summed E-state index contributed by atoms with van der Waals surface area (Å²) in [7, 11) is 0. The number of carbonyl (C=O) groups is 1. The minimum atomic E-state index is -0.430. The van der Waals surface area contributed by atoms with Gasteiger partial charge in [-0.25, -0.2) is 9.78 Å². The highest BCUT2D eigenvalue weighted by molar-refractivity contribution is 5.78. The van der Waals surface area contributed by atoms with E-state index in [9.17, 15) is 9.59 Å². The van der Waals surface area contributed by atoms with E-state index in [0.29, 0.717) is 29.7 Å². The first-order chi connectivity index (χ1) is 19.0. The highest BCUT2D eigenvalue weighted by Gasteiger charge is 2.28. The van der Waals surface area contributed by atoms with Crippen LogP contribution in [0.5, 0.6) is 0 Å². The van der Waals surface area contributed by atoms with Crippen molar-refractivity contribution in [2.75, 3.05) is 6.54 Å². The summed E-state index contributed by atoms with van der Waals surface area (Å²) in [5, 5.41) is 3.87. The Morgan fingerprint density at radius 1 is 0.949 bits per heavy atom. The molecule has 2 amide bonds. The fourth-order valence-electron chi connectivity index (χ4n) is 5.57. The molecule has 0 aliphatic heterocycles. The molecule has 1 aliphatic rings. The standard InChI is InChI=1S/C33H38N4O2/c1-3-25-18-20-28(21-19-25)37-31(35-30-17-11-10-16-29(30)32(37)38)24(2)36(23-22-26-12-6-4-7-13-26)33(39)34-27-14-8-5-9-15-27/h4,6-7,10-13,16-21,24,27H,3,5,8-9,14-15,22-23H2,1-2H3,(H,34,39). The second kappa shape index (κ2) is 12.3. The highest BCUT2D eigenvalue weighted by atomic mass is 16.2. The number of hydrogen-bond donors (Lipinski definition) is 1. The van der Waals surface area contributed by atoms with E-state index in [2.05, 4.69) is 24.4 Å². The van der Waals surface area contributed by atoms with Gasteiger partial charge in [-0.2, -0.15) is 0 Å². The molecule has 1 saturated carbocycles. The minimum absolute atomic E-state index is 0.0966. The van der Waals surface area contributed by atoms with Gasteiger partial charge in [0.1, 0.15) is 5.82 Å². The van der Waals surface area contributed by atoms with Crippen LogP contribution in [0, 0.1) is 0 Å². The maximum Gasteiger partial charge on any atom is 0.318 e. The number of nitrogens with one attached hydrogen (secondary N) is 1. The summed E-state index contributed by atoms with van der Waals surface area (Å²) in [6, 6.07) is 25.4. The number of hydrogen-bond acceptors (Lipinski definition) is 3. The molecule has 1 atom stereocenters. The lowest BCUT2D eigenvalue weighted by Gasteiger charge is -2.33. The summed E-state index contributed by atoms with van der Waals surface area (Å²) in [4.78, 5) is 34.6. The number of aryl methyl sites for hydroxylation is 1. The van der Waals surface area contributed by atoms with Gasteiger partial charge in [-0.3, -0.25) is 9.36 Å². The Kier molecular flexibility index (Phi) is 8.40. The molecule has 39 heavy (non-hydrogen) atoms. The Hall–Kier alpha value is -3.93. The summed E-state index contributed by atoms with van der Waals surface area (Å²) in [5.74, 6) is 0.565. The number of fused-ring (bicyclic) bond motifs is 1. The van der Waals surface area contributed by atoms with Crippen molar-refractivity contribution < 1.29 is 4.79 Å². The third kappa shape index (κ3) is 6.06. The lowest BCUT2D eigenvalue weighted by molar-refractivity contribution is 0.169. The van der Waals surface area contributed by atoms with Crippen LogP contribution >= 0.6 is 0 Å². The summed E-state index contributed by atoms with van der Waals surface area (Å²) in [5.41, 5.74) is 3.64. The smallest absolute Gasteiger partial charge is 0.318 e. The largest absolute Gasteiger partial charge is 0.335 e. The van der Waals surface area contributed by atoms with Crippen LogP contribution in [0.25, 0.3) is 16.6 Å². The van der Waals surface area contributed by atoms with Crippen LogP contribution in [0.2, 0.25) is 0 Å². The molecular formula is C33H38N4O2. The minimum Gasteiger partial charge on any atom is -0.335 e. The van der Waals surface area contributed by atoms with Gasteiger partial charge >= 0.3 is 6.03 Å². The molecule has 1 aliphatic carbocycles. The molecule has 202 valence electrons. The van der Waals surface area contributed by atoms with E-state index in [1.807, 2.05) is 78.6 Å². The summed E-state index contributed by atoms with van der Waals surface area (Å²) in [6.07, 6.45) is 7.17. The van der Waals surface area contributed by atoms with Gasteiger partial charge in [-0.05, 0) is 68.0 Å². The number of urea groups is 1. The van der Waals surface area contributed by atoms with Crippen LogP contribution in [0.4, 0.5) is 4.79 Å². The van der Waals surface area contributed by atoms with E-state index >= 15 is 0 Å². The average Bonchev–Trinajstić information content (AvgIpc) is 2.98. The van der Waals surface area contributed by atoms with E-state index in [-0.39, 0.29) is 17.6 Å². The SMILES string of the molecule is CCc1ccc(-n2c(C(C)N(CCc3ccccc3)C(=O)NC3CCCCC3)nc3ccccc3c2=O)cc1. The van der Waals surface area contributed by atoms with Gasteiger partial charge in [0, 0.05) is 12.6 Å². The van der Waals surface area contributed by atoms with Crippen molar-refractivity contribution in [2.45, 2.75) is 70.9 Å². The Labute approximate surface area is 230 Å². The van der Waals surface area contributed by atoms with Crippen molar-refractivity contribution in [3.8, 4) is 5.69 Å². The Balaban J connectivity index is 1.56. The van der Waals surface area contributed by atoms with Crippen LogP contribution in [0.15, 0.2) is 83.7 Å². The summed E-state index contributed by atoms with van der Waals surface area (Å²) in [6.45, 7) is 4.61. The second-order valence-corrected chi connectivity index (χ2v) is 10.5. The van der Waals surface area contributed by atoms with Crippen LogP contribution < -0.4 is 10.9 Å². The van der Waals surface area contributed by atoms with Gasteiger partial charge in [-0.1, -0.05) is 80.8 Å². The van der Waals surface area contributed by atoms with Crippen LogP contribution in [-0.2, 0) is 12.8 Å². The number of aromatic nitrogens is 2. The van der Waals surface area contributed by atoms with Gasteiger partial charge in [-0.15, -0.1) is 0 Å². The topological polar surface area (TPSA) is 67.2 Å². The van der Waals surface area contributed by atoms with Crippen LogP contribution in [0.3, 0.4) is 0 Å². The predicted octanol–water partition coefficient (Wildman–Crippen LogP) is 6.60. The summed E-state index contributed by atoms with van der Waals surface area (Å²) >= 11 is 0. The number of para-hydroxylation sites is 1. The van der Waals surface area contributed by atoms with Crippen molar-refractivity contribution >= 4 is 16.9 Å². The van der Waals surface area contributed by atoms with Crippen molar-refractivity contribution in [3.05, 3.63) is 106 Å². The van der Waals surface area contributed by atoms with Crippen molar-refractivity contribution in [3.63, 3.8) is 0 Å². The molecular weight excluding hydrogens is 484 g/mol. The first kappa shape index (κ1) is 26.7. The molecule has 5 rings (SSSR count). The monoisotopic (exact) mass is 522 g/mol. The Morgan fingerprint density at radius 2 is 1.64 bits per heavy atom. The first-order valence-corrected chi connectivity index (χ1v) is 14.3. The van der Waals surface area contributed by atoms with Crippen molar-refractivity contribution in [1.82, 2.24) is 19.8 Å². The molecule has 1 N–H and O–H groups in total. The zero-order valence-corrected chi connectivity index (χ0v) is 23.0. The molecule has 0 saturated heterocycles. The highest BCUT2D eigenvalue weighted by Crippen LogP contribution is 2.25. The molecule has 6 nitrogen and oxygen atoms in total. The maximum absolute atomic E-state index is 13.9. The fourth-order valence-corrected chi connectivity index (χ4v) is 5.57. The number of benzene rings is 3. The van der Waals surface area contributed by atoms with Crippen molar-refractivity contribution in [2.24, 2.45) is 0 Å². The van der Waals surface area contributed by atoms with E-state index in [4.69, 9.17) is 4.98 Å².